The first-order valence-corrected chi connectivity index (χ1v) is 8.50. The maximum absolute atomic E-state index is 12.7. The Hall–Kier alpha value is -3.22. The molecule has 2 atom stereocenters. The minimum atomic E-state index is -1.67. The van der Waals surface area contributed by atoms with Crippen LogP contribution in [0.5, 0.6) is 5.75 Å². The van der Waals surface area contributed by atoms with Crippen LogP contribution in [-0.2, 0) is 9.53 Å². The van der Waals surface area contributed by atoms with E-state index in [0.29, 0.717) is 16.9 Å². The molecule has 0 aliphatic heterocycles. The highest BCUT2D eigenvalue weighted by molar-refractivity contribution is 5.97. The van der Waals surface area contributed by atoms with Gasteiger partial charge in [-0.2, -0.15) is 0 Å². The van der Waals surface area contributed by atoms with Crippen LogP contribution in [0.2, 0.25) is 0 Å². The van der Waals surface area contributed by atoms with E-state index in [4.69, 9.17) is 9.47 Å². The van der Waals surface area contributed by atoms with Crippen LogP contribution in [-0.4, -0.2) is 36.4 Å². The average molecular weight is 371 g/mol. The second-order valence-corrected chi connectivity index (χ2v) is 5.86. The first kappa shape index (κ1) is 20.1. The summed E-state index contributed by atoms with van der Waals surface area (Å²) in [6, 6.07) is 13.3. The molecule has 0 spiro atoms. The highest BCUT2D eigenvalue weighted by atomic mass is 16.6. The van der Waals surface area contributed by atoms with Crippen molar-refractivity contribution in [3.8, 4) is 5.75 Å². The van der Waals surface area contributed by atoms with Gasteiger partial charge in [0, 0.05) is 16.9 Å². The van der Waals surface area contributed by atoms with Crippen molar-refractivity contribution in [2.24, 2.45) is 0 Å². The Morgan fingerprint density at radius 3 is 2.22 bits per heavy atom. The molecule has 2 aromatic carbocycles. The zero-order valence-corrected chi connectivity index (χ0v) is 15.2. The summed E-state index contributed by atoms with van der Waals surface area (Å²) in [5.74, 6) is -1.63. The van der Waals surface area contributed by atoms with Crippen molar-refractivity contribution in [1.82, 2.24) is 0 Å². The summed E-state index contributed by atoms with van der Waals surface area (Å²) in [5.41, 5.74) is 0.928. The molecule has 0 heterocycles. The lowest BCUT2D eigenvalue weighted by Crippen LogP contribution is -2.38. The number of carbonyl (C=O) groups excluding carboxylic acids is 2. The first-order valence-electron chi connectivity index (χ1n) is 8.50. The van der Waals surface area contributed by atoms with Gasteiger partial charge in [-0.3, -0.25) is 14.9 Å². The van der Waals surface area contributed by atoms with Crippen molar-refractivity contribution in [2.45, 2.75) is 25.3 Å². The standard InChI is InChI=1S/C20H21NO6/c1-3-27-20(23)19(21(24)25)17(14-9-11-16(26-2)12-10-14)13-18(22)15-7-5-4-6-8-15/h4-12,17,19H,3,13H2,1-2H3. The number of esters is 1. The van der Waals surface area contributed by atoms with Crippen LogP contribution in [0.25, 0.3) is 0 Å². The molecule has 7 nitrogen and oxygen atoms in total. The van der Waals surface area contributed by atoms with E-state index in [1.54, 1.807) is 61.5 Å². The molecule has 2 aromatic rings. The third-order valence-corrected chi connectivity index (χ3v) is 4.18. The number of rotatable bonds is 9. The second-order valence-electron chi connectivity index (χ2n) is 5.86. The predicted molar refractivity (Wildman–Crippen MR) is 98.5 cm³/mol. The number of methoxy groups -OCH3 is 1. The van der Waals surface area contributed by atoms with Crippen LogP contribution < -0.4 is 4.74 Å². The van der Waals surface area contributed by atoms with Gasteiger partial charge in [0.25, 0.3) is 0 Å². The third-order valence-electron chi connectivity index (χ3n) is 4.18. The van der Waals surface area contributed by atoms with Crippen LogP contribution in [0.1, 0.15) is 35.2 Å². The molecule has 0 aliphatic rings. The topological polar surface area (TPSA) is 95.7 Å². The molecule has 2 unspecified atom stereocenters. The summed E-state index contributed by atoms with van der Waals surface area (Å²) < 4.78 is 9.98. The third kappa shape index (κ3) is 5.13. The summed E-state index contributed by atoms with van der Waals surface area (Å²) in [7, 11) is 1.50. The van der Waals surface area contributed by atoms with Gasteiger partial charge < -0.3 is 9.47 Å². The smallest absolute Gasteiger partial charge is 0.382 e. The Labute approximate surface area is 157 Å². The van der Waals surface area contributed by atoms with Gasteiger partial charge in [0.15, 0.2) is 5.78 Å². The fourth-order valence-electron chi connectivity index (χ4n) is 2.83. The number of carbonyl (C=O) groups is 2. The Morgan fingerprint density at radius 2 is 1.70 bits per heavy atom. The molecule has 7 heteroatoms. The Kier molecular flexibility index (Phi) is 7.05. The largest absolute Gasteiger partial charge is 0.497 e. The highest BCUT2D eigenvalue weighted by Gasteiger charge is 2.42. The molecule has 142 valence electrons. The number of nitrogens with zero attached hydrogens (tertiary/aromatic N) is 1. The zero-order valence-electron chi connectivity index (χ0n) is 15.2. The minimum Gasteiger partial charge on any atom is -0.497 e. The number of ether oxygens (including phenoxy) is 2. The van der Waals surface area contributed by atoms with Crippen LogP contribution >= 0.6 is 0 Å². The molecule has 0 bridgehead atoms. The van der Waals surface area contributed by atoms with Gasteiger partial charge in [0.1, 0.15) is 5.75 Å². The van der Waals surface area contributed by atoms with E-state index < -0.39 is 22.9 Å². The number of hydrogen-bond acceptors (Lipinski definition) is 6. The number of ketones is 1. The number of Topliss-reactive ketones (excluding diaryl/α,β-unsaturated/α-hetero) is 1. The van der Waals surface area contributed by atoms with Gasteiger partial charge in [-0.05, 0) is 24.6 Å². The van der Waals surface area contributed by atoms with Crippen LogP contribution in [0.4, 0.5) is 0 Å². The lowest BCUT2D eigenvalue weighted by molar-refractivity contribution is -0.514. The molecule has 0 N–H and O–H groups in total. The van der Waals surface area contributed by atoms with Gasteiger partial charge >= 0.3 is 12.0 Å². The van der Waals surface area contributed by atoms with Crippen LogP contribution in [0, 0.1) is 10.1 Å². The minimum absolute atomic E-state index is 0.0190. The lowest BCUT2D eigenvalue weighted by Gasteiger charge is -2.20. The van der Waals surface area contributed by atoms with E-state index in [9.17, 15) is 19.7 Å². The molecule has 0 aliphatic carbocycles. The fourth-order valence-corrected chi connectivity index (χ4v) is 2.83. The summed E-state index contributed by atoms with van der Waals surface area (Å²) in [6.45, 7) is 1.59. The van der Waals surface area contributed by atoms with E-state index >= 15 is 0 Å². The van der Waals surface area contributed by atoms with Crippen molar-refractivity contribution in [1.29, 1.82) is 0 Å². The van der Waals surface area contributed by atoms with Crippen molar-refractivity contribution in [2.75, 3.05) is 13.7 Å². The molecule has 0 radical (unpaired) electrons. The maximum Gasteiger partial charge on any atom is 0.382 e. The molecule has 0 saturated carbocycles. The number of nitro groups is 1. The molecular weight excluding hydrogens is 350 g/mol. The average Bonchev–Trinajstić information content (AvgIpc) is 2.68. The van der Waals surface area contributed by atoms with Gasteiger partial charge in [-0.15, -0.1) is 0 Å². The number of hydrogen-bond donors (Lipinski definition) is 0. The molecule has 0 amide bonds. The summed E-state index contributed by atoms with van der Waals surface area (Å²) in [6.07, 6.45) is -0.194. The molecule has 0 aromatic heterocycles. The van der Waals surface area contributed by atoms with E-state index in [2.05, 4.69) is 0 Å². The Morgan fingerprint density at radius 1 is 1.07 bits per heavy atom. The van der Waals surface area contributed by atoms with Gasteiger partial charge in [0.2, 0.25) is 0 Å². The summed E-state index contributed by atoms with van der Waals surface area (Å²) in [5, 5.41) is 11.6. The maximum atomic E-state index is 12.7. The van der Waals surface area contributed by atoms with Gasteiger partial charge in [0.05, 0.1) is 19.6 Å². The molecule has 0 saturated heterocycles. The molecule has 27 heavy (non-hydrogen) atoms. The highest BCUT2D eigenvalue weighted by Crippen LogP contribution is 2.29. The predicted octanol–water partition coefficient (Wildman–Crippen LogP) is 3.26. The number of benzene rings is 2. The summed E-state index contributed by atoms with van der Waals surface area (Å²) >= 11 is 0. The molecule has 2 rings (SSSR count). The van der Waals surface area contributed by atoms with Gasteiger partial charge in [-0.1, -0.05) is 42.5 Å². The zero-order chi connectivity index (χ0) is 19.8. The molecule has 0 fully saturated rings. The second kappa shape index (κ2) is 9.47. The molecular formula is C20H21NO6. The van der Waals surface area contributed by atoms with Crippen molar-refractivity contribution >= 4 is 11.8 Å². The summed E-state index contributed by atoms with van der Waals surface area (Å²) in [4.78, 5) is 35.9. The van der Waals surface area contributed by atoms with Gasteiger partial charge in [-0.25, -0.2) is 4.79 Å². The Balaban J connectivity index is 2.41. The van der Waals surface area contributed by atoms with E-state index in [-0.39, 0.29) is 18.8 Å². The van der Waals surface area contributed by atoms with Crippen molar-refractivity contribution in [3.05, 3.63) is 75.8 Å². The first-order chi connectivity index (χ1) is 13.0. The Bertz CT molecular complexity index is 788. The quantitative estimate of drug-likeness (QED) is 0.291. The SMILES string of the molecule is CCOC(=O)C(C(CC(=O)c1ccccc1)c1ccc(OC)cc1)[N+](=O)[O-]. The monoisotopic (exact) mass is 371 g/mol. The van der Waals surface area contributed by atoms with Crippen molar-refractivity contribution in [3.63, 3.8) is 0 Å². The van der Waals surface area contributed by atoms with Crippen molar-refractivity contribution < 1.29 is 24.0 Å². The van der Waals surface area contributed by atoms with Crippen LogP contribution in [0.15, 0.2) is 54.6 Å². The fraction of sp³-hybridized carbons (Fsp3) is 0.300. The van der Waals surface area contributed by atoms with E-state index in [1.165, 1.54) is 7.11 Å². The lowest BCUT2D eigenvalue weighted by atomic mass is 9.85. The van der Waals surface area contributed by atoms with E-state index in [1.807, 2.05) is 0 Å². The van der Waals surface area contributed by atoms with E-state index in [0.717, 1.165) is 0 Å². The van der Waals surface area contributed by atoms with Crippen LogP contribution in [0.3, 0.4) is 0 Å². The normalized spacial score (nSPS) is 12.7.